The highest BCUT2D eigenvalue weighted by atomic mass is 35.5. The van der Waals surface area contributed by atoms with Gasteiger partial charge in [-0.2, -0.15) is 0 Å². The number of amides is 2. The van der Waals surface area contributed by atoms with Gasteiger partial charge >= 0.3 is 20.0 Å². The quantitative estimate of drug-likeness (QED) is 0.123. The van der Waals surface area contributed by atoms with E-state index in [4.69, 9.17) is 25.8 Å². The predicted molar refractivity (Wildman–Crippen MR) is 146 cm³/mol. The molecule has 1 unspecified atom stereocenters. The molecule has 3 rings (SSSR count). The summed E-state index contributed by atoms with van der Waals surface area (Å²) in [4.78, 5) is 58.1. The van der Waals surface area contributed by atoms with Crippen LogP contribution in [0.1, 0.15) is 45.7 Å². The summed E-state index contributed by atoms with van der Waals surface area (Å²) < 4.78 is 24.6. The number of benzene rings is 1. The van der Waals surface area contributed by atoms with Crippen molar-refractivity contribution in [2.24, 2.45) is 5.16 Å². The first-order valence-corrected chi connectivity index (χ1v) is 13.6. The number of alkyl halides is 1. The number of fused-ring (bicyclic) bond motifs is 1. The SMILES string of the molecule is BOC(=O)C1=C(CCl)CS[C@@H]2C(NC(=O)/C(=N\OC(C)(C)C(=O)OC(C)(C)C)c3ccc(C)c(F)c3)C(=O)N12. The minimum absolute atomic E-state index is 0.0333. The molecule has 1 saturated heterocycles. The molecule has 14 heteroatoms. The van der Waals surface area contributed by atoms with Crippen LogP contribution in [0.4, 0.5) is 4.39 Å². The lowest BCUT2D eigenvalue weighted by Gasteiger charge is -2.49. The summed E-state index contributed by atoms with van der Waals surface area (Å²) in [6.45, 7) is 9.46. The van der Waals surface area contributed by atoms with Crippen LogP contribution in [0.2, 0.25) is 0 Å². The van der Waals surface area contributed by atoms with Crippen molar-refractivity contribution >= 4 is 60.9 Å². The Kier molecular flexibility index (Phi) is 9.06. The van der Waals surface area contributed by atoms with Gasteiger partial charge < -0.3 is 19.5 Å². The molecule has 1 aromatic rings. The molecule has 2 heterocycles. The zero-order valence-electron chi connectivity index (χ0n) is 22.7. The number of ether oxygens (including phenoxy) is 1. The minimum Gasteiger partial charge on any atom is -0.539 e. The maximum Gasteiger partial charge on any atom is 0.353 e. The fraction of sp³-hybridized carbons (Fsp3) is 0.480. The number of esters is 1. The van der Waals surface area contributed by atoms with Gasteiger partial charge in [0.2, 0.25) is 5.60 Å². The zero-order chi connectivity index (χ0) is 29.3. The normalized spacial score (nSPS) is 19.6. The van der Waals surface area contributed by atoms with Gasteiger partial charge in [-0.3, -0.25) is 14.5 Å². The van der Waals surface area contributed by atoms with E-state index < -0.39 is 52.2 Å². The second-order valence-electron chi connectivity index (χ2n) is 10.4. The number of oxime groups is 1. The molecule has 0 aliphatic carbocycles. The number of hydrogen-bond donors (Lipinski definition) is 1. The summed E-state index contributed by atoms with van der Waals surface area (Å²) in [6, 6.07) is 3.02. The standard InChI is InChI=1S/C25H30BClFN3O7S/c1-12-7-8-13(9-15(12)28)16(30-38-25(5,6)23(35)36-24(2,3)4)19(32)29-17-20(33)31-18(22(34)37-26)14(10-27)11-39-21(17)31/h7-9,17,21H,10-11,26H2,1-6H3,(H,29,32)/b30-16-/t17?,21-/m1/s1. The highest BCUT2D eigenvalue weighted by Crippen LogP contribution is 2.40. The van der Waals surface area contributed by atoms with Crippen LogP contribution >= 0.6 is 23.4 Å². The van der Waals surface area contributed by atoms with E-state index in [1.54, 1.807) is 27.7 Å². The zero-order valence-corrected chi connectivity index (χ0v) is 24.3. The summed E-state index contributed by atoms with van der Waals surface area (Å²) in [6.07, 6.45) is 0. The number of hydrogen-bond acceptors (Lipinski definition) is 9. The molecule has 210 valence electrons. The van der Waals surface area contributed by atoms with Crippen LogP contribution in [0, 0.1) is 12.7 Å². The van der Waals surface area contributed by atoms with Gasteiger partial charge in [-0.05, 0) is 58.7 Å². The summed E-state index contributed by atoms with van der Waals surface area (Å²) in [5, 5.41) is 5.92. The van der Waals surface area contributed by atoms with E-state index in [1.165, 1.54) is 50.7 Å². The van der Waals surface area contributed by atoms with Gasteiger partial charge in [0, 0.05) is 17.2 Å². The Bertz CT molecular complexity index is 1260. The summed E-state index contributed by atoms with van der Waals surface area (Å²) in [5.74, 6) is -3.03. The van der Waals surface area contributed by atoms with Crippen molar-refractivity contribution in [1.82, 2.24) is 10.2 Å². The average Bonchev–Trinajstić information content (AvgIpc) is 2.86. The van der Waals surface area contributed by atoms with Gasteiger partial charge in [0.15, 0.2) is 5.71 Å². The molecule has 0 saturated carbocycles. The highest BCUT2D eigenvalue weighted by Gasteiger charge is 2.54. The van der Waals surface area contributed by atoms with Crippen LogP contribution in [-0.2, 0) is 33.4 Å². The number of β-lactam (4-membered cyclic amide) rings is 1. The lowest BCUT2D eigenvalue weighted by Crippen LogP contribution is -2.71. The van der Waals surface area contributed by atoms with Gasteiger partial charge in [-0.25, -0.2) is 14.0 Å². The van der Waals surface area contributed by atoms with Gasteiger partial charge in [-0.1, -0.05) is 17.3 Å². The summed E-state index contributed by atoms with van der Waals surface area (Å²) in [5.41, 5.74) is -1.74. The third-order valence-electron chi connectivity index (χ3n) is 5.79. The molecule has 1 fully saturated rings. The molecule has 39 heavy (non-hydrogen) atoms. The van der Waals surface area contributed by atoms with E-state index >= 15 is 0 Å². The van der Waals surface area contributed by atoms with E-state index in [0.717, 1.165) is 6.07 Å². The Labute approximate surface area is 236 Å². The molecule has 0 radical (unpaired) electrons. The maximum atomic E-state index is 14.4. The number of nitrogens with one attached hydrogen (secondary N) is 1. The van der Waals surface area contributed by atoms with Crippen molar-refractivity contribution in [3.63, 3.8) is 0 Å². The van der Waals surface area contributed by atoms with Crippen molar-refractivity contribution in [2.75, 3.05) is 11.6 Å². The van der Waals surface area contributed by atoms with E-state index in [2.05, 4.69) is 10.5 Å². The third-order valence-corrected chi connectivity index (χ3v) is 7.45. The number of rotatable bonds is 8. The maximum absolute atomic E-state index is 14.4. The Balaban J connectivity index is 1.89. The largest absolute Gasteiger partial charge is 0.539 e. The second-order valence-corrected chi connectivity index (χ2v) is 11.8. The number of aryl methyl sites for hydroxylation is 1. The first kappa shape index (κ1) is 30.5. The summed E-state index contributed by atoms with van der Waals surface area (Å²) in [7, 11) is 1.20. The summed E-state index contributed by atoms with van der Waals surface area (Å²) >= 11 is 7.28. The van der Waals surface area contributed by atoms with E-state index in [1.807, 2.05) is 0 Å². The van der Waals surface area contributed by atoms with E-state index in [0.29, 0.717) is 16.9 Å². The Morgan fingerprint density at radius 2 is 1.92 bits per heavy atom. The molecule has 2 aliphatic rings. The van der Waals surface area contributed by atoms with Crippen molar-refractivity contribution in [3.05, 3.63) is 46.4 Å². The van der Waals surface area contributed by atoms with Crippen LogP contribution in [0.15, 0.2) is 34.6 Å². The first-order valence-electron chi connectivity index (χ1n) is 12.0. The Morgan fingerprint density at radius 1 is 1.26 bits per heavy atom. The van der Waals surface area contributed by atoms with Crippen LogP contribution < -0.4 is 5.32 Å². The fourth-order valence-electron chi connectivity index (χ4n) is 3.64. The smallest absolute Gasteiger partial charge is 0.353 e. The molecule has 2 aliphatic heterocycles. The van der Waals surface area contributed by atoms with Crippen LogP contribution in [0.3, 0.4) is 0 Å². The highest BCUT2D eigenvalue weighted by molar-refractivity contribution is 8.00. The molecule has 2 atom stereocenters. The topological polar surface area (TPSA) is 124 Å². The molecule has 0 bridgehead atoms. The number of thioether (sulfide) groups is 1. The first-order chi connectivity index (χ1) is 18.1. The third kappa shape index (κ3) is 6.58. The van der Waals surface area contributed by atoms with E-state index in [9.17, 15) is 23.6 Å². The number of carbonyl (C=O) groups is 4. The van der Waals surface area contributed by atoms with Crippen LogP contribution in [-0.4, -0.2) is 76.7 Å². The minimum atomic E-state index is -1.59. The number of halogens is 2. The van der Waals surface area contributed by atoms with Gasteiger partial charge in [0.1, 0.15) is 28.5 Å². The monoisotopic (exact) mass is 581 g/mol. The molecular formula is C25H30BClFN3O7S. The molecule has 0 spiro atoms. The fourth-order valence-corrected chi connectivity index (χ4v) is 5.32. The van der Waals surface area contributed by atoms with Crippen molar-refractivity contribution in [1.29, 1.82) is 0 Å². The average molecular weight is 582 g/mol. The molecule has 1 aromatic carbocycles. The molecule has 0 aromatic heterocycles. The Morgan fingerprint density at radius 3 is 2.49 bits per heavy atom. The van der Waals surface area contributed by atoms with Crippen LogP contribution in [0.25, 0.3) is 0 Å². The lowest BCUT2D eigenvalue weighted by molar-refractivity contribution is -0.179. The van der Waals surface area contributed by atoms with Crippen molar-refractivity contribution in [3.8, 4) is 0 Å². The van der Waals surface area contributed by atoms with Crippen molar-refractivity contribution < 1.29 is 37.8 Å². The molecular weight excluding hydrogens is 552 g/mol. The number of nitrogens with zero attached hydrogens (tertiary/aromatic N) is 2. The second kappa shape index (κ2) is 11.6. The van der Waals surface area contributed by atoms with Gasteiger partial charge in [0.05, 0.1) is 0 Å². The van der Waals surface area contributed by atoms with E-state index in [-0.39, 0.29) is 22.9 Å². The molecule has 10 nitrogen and oxygen atoms in total. The molecule has 2 amide bonds. The van der Waals surface area contributed by atoms with Crippen LogP contribution in [0.5, 0.6) is 0 Å². The predicted octanol–water partition coefficient (Wildman–Crippen LogP) is 1.96. The Hall–Kier alpha value is -3.06. The van der Waals surface area contributed by atoms with Gasteiger partial charge in [-0.15, -0.1) is 23.4 Å². The molecule has 1 N–H and O–H groups in total. The van der Waals surface area contributed by atoms with Gasteiger partial charge in [0.25, 0.3) is 11.8 Å². The van der Waals surface area contributed by atoms with Crippen molar-refractivity contribution in [2.45, 2.75) is 64.2 Å². The lowest BCUT2D eigenvalue weighted by atomic mass is 10.0. The number of carbonyl (C=O) groups excluding carboxylic acids is 4.